The zero-order valence-electron chi connectivity index (χ0n) is 33.5. The fourth-order valence-corrected chi connectivity index (χ4v) is 6.02. The first-order valence-corrected chi connectivity index (χ1v) is 20.9. The summed E-state index contributed by atoms with van der Waals surface area (Å²) in [5.41, 5.74) is -0.721. The van der Waals surface area contributed by atoms with E-state index in [0.717, 1.165) is 44.3 Å². The average molecular weight is 791 g/mol. The fourth-order valence-electron chi connectivity index (χ4n) is 5.00. The van der Waals surface area contributed by atoms with Crippen molar-refractivity contribution in [3.8, 4) is 0 Å². The fraction of sp³-hybridized carbons (Fsp3) is 0.846. The van der Waals surface area contributed by atoms with Crippen molar-refractivity contribution in [3.63, 3.8) is 0 Å². The van der Waals surface area contributed by atoms with E-state index in [4.69, 9.17) is 28.8 Å². The number of amides is 2. The second-order valence-corrected chi connectivity index (χ2v) is 15.5. The second kappa shape index (κ2) is 34.9. The Labute approximate surface area is 327 Å². The van der Waals surface area contributed by atoms with Crippen LogP contribution in [0.1, 0.15) is 130 Å². The van der Waals surface area contributed by atoms with Crippen LogP contribution < -0.4 is 10.6 Å². The van der Waals surface area contributed by atoms with Gasteiger partial charge in [-0.1, -0.05) is 38.5 Å². The van der Waals surface area contributed by atoms with Crippen molar-refractivity contribution in [2.24, 2.45) is 0 Å². The molecular weight excluding hydrogens is 720 g/mol. The van der Waals surface area contributed by atoms with Gasteiger partial charge in [-0.25, -0.2) is 9.59 Å². The van der Waals surface area contributed by atoms with Gasteiger partial charge in [-0.2, -0.15) is 11.8 Å². The van der Waals surface area contributed by atoms with Gasteiger partial charge in [0.05, 0.1) is 33.0 Å². The van der Waals surface area contributed by atoms with Gasteiger partial charge in [-0.15, -0.1) is 0 Å². The molecule has 14 nitrogen and oxygen atoms in total. The predicted molar refractivity (Wildman–Crippen MR) is 209 cm³/mol. The number of carboxylic acid groups (broad SMARTS) is 1. The first-order valence-electron chi connectivity index (χ1n) is 19.7. The molecule has 0 saturated carbocycles. The number of rotatable bonds is 38. The molecule has 1 atom stereocenters. The van der Waals surface area contributed by atoms with Crippen molar-refractivity contribution in [2.45, 2.75) is 142 Å². The van der Waals surface area contributed by atoms with Gasteiger partial charge in [0.15, 0.2) is 0 Å². The zero-order chi connectivity index (χ0) is 40.3. The van der Waals surface area contributed by atoms with Gasteiger partial charge in [0, 0.05) is 38.8 Å². The van der Waals surface area contributed by atoms with E-state index in [1.165, 1.54) is 31.4 Å². The summed E-state index contributed by atoms with van der Waals surface area (Å²) in [6.07, 6.45) is 13.0. The molecule has 0 saturated heterocycles. The van der Waals surface area contributed by atoms with Gasteiger partial charge < -0.3 is 44.2 Å². The molecule has 0 rings (SSSR count). The number of nitrogens with one attached hydrogen (secondary N) is 2. The lowest BCUT2D eigenvalue weighted by molar-refractivity contribution is -0.159. The van der Waals surface area contributed by atoms with E-state index in [0.29, 0.717) is 25.9 Å². The first-order chi connectivity index (χ1) is 25.8. The van der Waals surface area contributed by atoms with E-state index in [1.807, 2.05) is 11.8 Å². The zero-order valence-corrected chi connectivity index (χ0v) is 34.3. The minimum absolute atomic E-state index is 0.0367. The van der Waals surface area contributed by atoms with Crippen molar-refractivity contribution >= 4 is 47.1 Å². The van der Waals surface area contributed by atoms with Crippen LogP contribution in [0.25, 0.3) is 0 Å². The van der Waals surface area contributed by atoms with Crippen LogP contribution in [0.5, 0.6) is 0 Å². The minimum Gasteiger partial charge on any atom is -0.480 e. The number of ether oxygens (including phenoxy) is 5. The average Bonchev–Trinajstić information content (AvgIpc) is 3.09. The van der Waals surface area contributed by atoms with E-state index in [2.05, 4.69) is 10.6 Å². The maximum absolute atomic E-state index is 12.8. The van der Waals surface area contributed by atoms with Crippen molar-refractivity contribution in [2.75, 3.05) is 70.9 Å². The standard InChI is InChI=1S/C39H70N2O12S/c1-32(42)16-11-7-5-9-13-28-54-29-14-10-6-8-12-18-35(44)41-34(38(48)53-39(2,3)4)20-19-33(43)17-15-22-49-24-26-51-30-36(45)40-21-23-50-25-27-52-31-37(46)47/h34H,5-31H2,1-4H3,(H,40,45)(H,41,44)(H,46,47). The van der Waals surface area contributed by atoms with Gasteiger partial charge in [0.1, 0.15) is 36.4 Å². The Morgan fingerprint density at radius 1 is 0.611 bits per heavy atom. The normalized spacial score (nSPS) is 11.9. The van der Waals surface area contributed by atoms with Gasteiger partial charge in [-0.05, 0) is 77.7 Å². The molecule has 0 aromatic heterocycles. The number of unbranched alkanes of at least 4 members (excludes halogenated alkanes) is 8. The molecule has 0 aromatic rings. The molecular formula is C39H70N2O12S. The third-order valence-electron chi connectivity index (χ3n) is 7.76. The molecule has 314 valence electrons. The number of ketones is 2. The van der Waals surface area contributed by atoms with Crippen LogP contribution in [0, 0.1) is 0 Å². The molecule has 0 bridgehead atoms. The van der Waals surface area contributed by atoms with Gasteiger partial charge in [-0.3, -0.25) is 14.4 Å². The summed E-state index contributed by atoms with van der Waals surface area (Å²) >= 11 is 2.00. The molecule has 0 spiro atoms. The van der Waals surface area contributed by atoms with Crippen LogP contribution in [0.2, 0.25) is 0 Å². The lowest BCUT2D eigenvalue weighted by Gasteiger charge is -2.24. The Balaban J connectivity index is 4.03. The molecule has 0 aliphatic carbocycles. The monoisotopic (exact) mass is 790 g/mol. The molecule has 2 amide bonds. The number of carboxylic acids is 1. The molecule has 3 N–H and O–H groups in total. The Morgan fingerprint density at radius 3 is 1.78 bits per heavy atom. The molecule has 1 unspecified atom stereocenters. The molecule has 0 heterocycles. The summed E-state index contributed by atoms with van der Waals surface area (Å²) in [6, 6.07) is -0.888. The first kappa shape index (κ1) is 51.4. The topological polar surface area (TPSA) is 193 Å². The number of hydrogen-bond donors (Lipinski definition) is 3. The highest BCUT2D eigenvalue weighted by Crippen LogP contribution is 2.15. The molecule has 0 aliphatic heterocycles. The highest BCUT2D eigenvalue weighted by atomic mass is 32.2. The van der Waals surface area contributed by atoms with Gasteiger partial charge in [0.25, 0.3) is 0 Å². The van der Waals surface area contributed by atoms with Gasteiger partial charge in [0.2, 0.25) is 11.8 Å². The summed E-state index contributed by atoms with van der Waals surface area (Å²) < 4.78 is 26.3. The van der Waals surface area contributed by atoms with Crippen LogP contribution in [0.15, 0.2) is 0 Å². The van der Waals surface area contributed by atoms with E-state index in [-0.39, 0.29) is 95.4 Å². The molecule has 0 aromatic carbocycles. The van der Waals surface area contributed by atoms with Crippen LogP contribution >= 0.6 is 11.8 Å². The summed E-state index contributed by atoms with van der Waals surface area (Å²) in [5.74, 6) is 0.479. The quantitative estimate of drug-likeness (QED) is 0.0546. The van der Waals surface area contributed by atoms with Crippen LogP contribution in [-0.4, -0.2) is 123 Å². The Bertz CT molecular complexity index is 1040. The van der Waals surface area contributed by atoms with Crippen molar-refractivity contribution in [3.05, 3.63) is 0 Å². The van der Waals surface area contributed by atoms with Crippen LogP contribution in [0.4, 0.5) is 0 Å². The number of Topliss-reactive ketones (excluding diaryl/α,β-unsaturated/α-hetero) is 2. The Hall–Kier alpha value is -2.59. The highest BCUT2D eigenvalue weighted by molar-refractivity contribution is 7.99. The number of esters is 1. The number of hydrogen-bond acceptors (Lipinski definition) is 12. The van der Waals surface area contributed by atoms with Crippen molar-refractivity contribution < 1.29 is 57.6 Å². The predicted octanol–water partition coefficient (Wildman–Crippen LogP) is 5.21. The lowest BCUT2D eigenvalue weighted by Crippen LogP contribution is -2.44. The Kier molecular flexibility index (Phi) is 33.2. The molecule has 0 fully saturated rings. The molecule has 54 heavy (non-hydrogen) atoms. The Morgan fingerprint density at radius 2 is 1.17 bits per heavy atom. The van der Waals surface area contributed by atoms with Crippen LogP contribution in [-0.2, 0) is 52.5 Å². The minimum atomic E-state index is -1.05. The number of aliphatic carboxylic acids is 1. The van der Waals surface area contributed by atoms with Gasteiger partial charge >= 0.3 is 11.9 Å². The summed E-state index contributed by atoms with van der Waals surface area (Å²) in [5, 5.41) is 13.9. The third-order valence-corrected chi connectivity index (χ3v) is 8.92. The summed E-state index contributed by atoms with van der Waals surface area (Å²) in [7, 11) is 0. The smallest absolute Gasteiger partial charge is 0.329 e. The number of thioether (sulfide) groups is 1. The SMILES string of the molecule is CC(=O)CCCCCCCSCCCCCCCC(=O)NC(CCC(=O)CCCOCCOCC(=O)NCCOCCOCC(=O)O)C(=O)OC(C)(C)C. The summed E-state index contributed by atoms with van der Waals surface area (Å²) in [6.45, 7) is 8.16. The van der Waals surface area contributed by atoms with Crippen molar-refractivity contribution in [1.29, 1.82) is 0 Å². The van der Waals surface area contributed by atoms with Crippen LogP contribution in [0.3, 0.4) is 0 Å². The molecule has 0 aliphatic rings. The maximum Gasteiger partial charge on any atom is 0.329 e. The highest BCUT2D eigenvalue weighted by Gasteiger charge is 2.27. The lowest BCUT2D eigenvalue weighted by atomic mass is 10.0. The molecule has 15 heteroatoms. The van der Waals surface area contributed by atoms with E-state index in [9.17, 15) is 28.8 Å². The molecule has 0 radical (unpaired) electrons. The van der Waals surface area contributed by atoms with E-state index < -0.39 is 23.6 Å². The largest absolute Gasteiger partial charge is 0.480 e. The maximum atomic E-state index is 12.8. The van der Waals surface area contributed by atoms with Crippen molar-refractivity contribution in [1.82, 2.24) is 10.6 Å². The third kappa shape index (κ3) is 37.7. The number of carbonyl (C=O) groups excluding carboxylic acids is 5. The second-order valence-electron chi connectivity index (χ2n) is 14.3. The summed E-state index contributed by atoms with van der Waals surface area (Å²) in [4.78, 5) is 71.2. The van der Waals surface area contributed by atoms with E-state index >= 15 is 0 Å². The number of carbonyl (C=O) groups is 6. The van der Waals surface area contributed by atoms with E-state index in [1.54, 1.807) is 27.7 Å².